The molecule has 3 nitrogen and oxygen atoms in total. The standard InChI is InChI=1S/C9H13F3N2OS/c1-3-13-8-14-4-7(16-8)5-15-6(2)9(10,11)12/h4,6H,3,5H2,1-2H3,(H,13,14). The maximum absolute atomic E-state index is 12.1. The molecule has 0 aliphatic heterocycles. The molecule has 16 heavy (non-hydrogen) atoms. The van der Waals surface area contributed by atoms with Crippen LogP contribution in [0.4, 0.5) is 18.3 Å². The summed E-state index contributed by atoms with van der Waals surface area (Å²) >= 11 is 1.30. The number of rotatable bonds is 5. The summed E-state index contributed by atoms with van der Waals surface area (Å²) in [6, 6.07) is 0. The van der Waals surface area contributed by atoms with Gasteiger partial charge in [0.25, 0.3) is 0 Å². The molecule has 0 fully saturated rings. The molecule has 0 saturated heterocycles. The Labute approximate surface area is 95.6 Å². The molecular formula is C9H13F3N2OS. The van der Waals surface area contributed by atoms with E-state index in [2.05, 4.69) is 10.3 Å². The summed E-state index contributed by atoms with van der Waals surface area (Å²) in [6.07, 6.45) is -4.54. The van der Waals surface area contributed by atoms with E-state index in [4.69, 9.17) is 4.74 Å². The van der Waals surface area contributed by atoms with Gasteiger partial charge >= 0.3 is 6.18 Å². The first-order valence-corrected chi connectivity index (χ1v) is 5.62. The molecule has 0 aromatic carbocycles. The SMILES string of the molecule is CCNc1ncc(COC(C)C(F)(F)F)s1. The van der Waals surface area contributed by atoms with Crippen LogP contribution in [-0.2, 0) is 11.3 Å². The zero-order valence-electron chi connectivity index (χ0n) is 8.97. The van der Waals surface area contributed by atoms with Crippen LogP contribution in [0.1, 0.15) is 18.7 Å². The second-order valence-electron chi connectivity index (χ2n) is 3.16. The largest absolute Gasteiger partial charge is 0.414 e. The fourth-order valence-electron chi connectivity index (χ4n) is 0.909. The van der Waals surface area contributed by atoms with Gasteiger partial charge in [0.15, 0.2) is 11.2 Å². The number of halogens is 3. The first kappa shape index (κ1) is 13.2. The molecule has 7 heteroatoms. The minimum Gasteiger partial charge on any atom is -0.364 e. The van der Waals surface area contributed by atoms with Gasteiger partial charge in [-0.25, -0.2) is 4.98 Å². The molecule has 0 bridgehead atoms. The van der Waals surface area contributed by atoms with Gasteiger partial charge in [-0.15, -0.1) is 0 Å². The summed E-state index contributed by atoms with van der Waals surface area (Å²) < 4.78 is 41.1. The van der Waals surface area contributed by atoms with Crippen molar-refractivity contribution in [2.45, 2.75) is 32.7 Å². The van der Waals surface area contributed by atoms with E-state index in [1.807, 2.05) is 6.92 Å². The highest BCUT2D eigenvalue weighted by Crippen LogP contribution is 2.25. The van der Waals surface area contributed by atoms with Gasteiger partial charge in [-0.3, -0.25) is 0 Å². The topological polar surface area (TPSA) is 34.2 Å². The van der Waals surface area contributed by atoms with Gasteiger partial charge in [-0.1, -0.05) is 11.3 Å². The van der Waals surface area contributed by atoms with E-state index in [0.29, 0.717) is 10.0 Å². The van der Waals surface area contributed by atoms with Crippen molar-refractivity contribution in [2.24, 2.45) is 0 Å². The summed E-state index contributed by atoms with van der Waals surface area (Å²) in [5.41, 5.74) is 0. The number of thiazole rings is 1. The van der Waals surface area contributed by atoms with E-state index in [0.717, 1.165) is 13.5 Å². The normalized spacial score (nSPS) is 13.8. The van der Waals surface area contributed by atoms with Crippen molar-refractivity contribution in [1.82, 2.24) is 4.98 Å². The smallest absolute Gasteiger partial charge is 0.364 e. The second kappa shape index (κ2) is 5.49. The molecule has 0 aliphatic rings. The van der Waals surface area contributed by atoms with Crippen molar-refractivity contribution < 1.29 is 17.9 Å². The van der Waals surface area contributed by atoms with Crippen molar-refractivity contribution in [1.29, 1.82) is 0 Å². The van der Waals surface area contributed by atoms with Crippen LogP contribution >= 0.6 is 11.3 Å². The fourth-order valence-corrected chi connectivity index (χ4v) is 1.71. The van der Waals surface area contributed by atoms with Gasteiger partial charge < -0.3 is 10.1 Å². The number of alkyl halides is 3. The minimum atomic E-state index is -4.31. The van der Waals surface area contributed by atoms with Crippen molar-refractivity contribution >= 4 is 16.5 Å². The molecule has 0 radical (unpaired) electrons. The number of hydrogen-bond donors (Lipinski definition) is 1. The van der Waals surface area contributed by atoms with Crippen LogP contribution in [-0.4, -0.2) is 23.8 Å². The molecule has 0 spiro atoms. The van der Waals surface area contributed by atoms with Gasteiger partial charge in [0.2, 0.25) is 0 Å². The average Bonchev–Trinajstić information content (AvgIpc) is 2.61. The van der Waals surface area contributed by atoms with Gasteiger partial charge in [0.05, 0.1) is 11.5 Å². The Hall–Kier alpha value is -0.820. The Bertz CT molecular complexity index is 327. The first-order chi connectivity index (χ1) is 7.43. The molecule has 92 valence electrons. The fraction of sp³-hybridized carbons (Fsp3) is 0.667. The molecular weight excluding hydrogens is 241 g/mol. The van der Waals surface area contributed by atoms with E-state index in [1.165, 1.54) is 17.5 Å². The molecule has 0 aliphatic carbocycles. The molecule has 1 unspecified atom stereocenters. The number of ether oxygens (including phenoxy) is 1. The van der Waals surface area contributed by atoms with Crippen molar-refractivity contribution in [2.75, 3.05) is 11.9 Å². The first-order valence-electron chi connectivity index (χ1n) is 4.80. The minimum absolute atomic E-state index is 0.0657. The van der Waals surface area contributed by atoms with Crippen LogP contribution in [0.15, 0.2) is 6.20 Å². The van der Waals surface area contributed by atoms with E-state index in [-0.39, 0.29) is 6.61 Å². The van der Waals surface area contributed by atoms with E-state index in [1.54, 1.807) is 0 Å². The second-order valence-corrected chi connectivity index (χ2v) is 4.27. The average molecular weight is 254 g/mol. The molecule has 1 N–H and O–H groups in total. The Kier molecular flexibility index (Phi) is 4.55. The monoisotopic (exact) mass is 254 g/mol. The van der Waals surface area contributed by atoms with Crippen molar-refractivity contribution in [3.63, 3.8) is 0 Å². The van der Waals surface area contributed by atoms with Gasteiger partial charge in [0.1, 0.15) is 0 Å². The van der Waals surface area contributed by atoms with E-state index in [9.17, 15) is 13.2 Å². The highest BCUT2D eigenvalue weighted by molar-refractivity contribution is 7.15. The Balaban J connectivity index is 2.42. The number of nitrogens with one attached hydrogen (secondary N) is 1. The Morgan fingerprint density at radius 2 is 2.25 bits per heavy atom. The molecule has 1 heterocycles. The lowest BCUT2D eigenvalue weighted by Crippen LogP contribution is -2.28. The Morgan fingerprint density at radius 1 is 1.56 bits per heavy atom. The molecule has 0 saturated carbocycles. The summed E-state index contributed by atoms with van der Waals surface area (Å²) in [6.45, 7) is 3.58. The van der Waals surface area contributed by atoms with Crippen LogP contribution in [0.3, 0.4) is 0 Å². The zero-order valence-corrected chi connectivity index (χ0v) is 9.78. The van der Waals surface area contributed by atoms with Crippen LogP contribution in [0.2, 0.25) is 0 Å². The van der Waals surface area contributed by atoms with Gasteiger partial charge in [0, 0.05) is 12.7 Å². The van der Waals surface area contributed by atoms with E-state index < -0.39 is 12.3 Å². The predicted octanol–water partition coefficient (Wildman–Crippen LogP) is 3.04. The number of anilines is 1. The lowest BCUT2D eigenvalue weighted by molar-refractivity contribution is -0.217. The highest BCUT2D eigenvalue weighted by atomic mass is 32.1. The van der Waals surface area contributed by atoms with Crippen LogP contribution < -0.4 is 5.32 Å². The molecule has 1 rings (SSSR count). The number of aromatic nitrogens is 1. The van der Waals surface area contributed by atoms with Crippen LogP contribution in [0.5, 0.6) is 0 Å². The summed E-state index contributed by atoms with van der Waals surface area (Å²) in [5, 5.41) is 3.67. The third-order valence-electron chi connectivity index (χ3n) is 1.82. The molecule has 1 aromatic heterocycles. The summed E-state index contributed by atoms with van der Waals surface area (Å²) in [7, 11) is 0. The molecule has 0 amide bonds. The van der Waals surface area contributed by atoms with Crippen LogP contribution in [0, 0.1) is 0 Å². The van der Waals surface area contributed by atoms with Crippen molar-refractivity contribution in [3.05, 3.63) is 11.1 Å². The lowest BCUT2D eigenvalue weighted by Gasteiger charge is -2.15. The zero-order chi connectivity index (χ0) is 12.2. The van der Waals surface area contributed by atoms with Gasteiger partial charge in [-0.2, -0.15) is 13.2 Å². The highest BCUT2D eigenvalue weighted by Gasteiger charge is 2.36. The summed E-state index contributed by atoms with van der Waals surface area (Å²) in [4.78, 5) is 4.67. The van der Waals surface area contributed by atoms with Gasteiger partial charge in [-0.05, 0) is 13.8 Å². The molecule has 1 atom stereocenters. The Morgan fingerprint density at radius 3 is 2.81 bits per heavy atom. The van der Waals surface area contributed by atoms with Crippen molar-refractivity contribution in [3.8, 4) is 0 Å². The summed E-state index contributed by atoms with van der Waals surface area (Å²) in [5.74, 6) is 0. The third-order valence-corrected chi connectivity index (χ3v) is 2.75. The quantitative estimate of drug-likeness (QED) is 0.877. The number of nitrogens with zero attached hydrogens (tertiary/aromatic N) is 1. The maximum atomic E-state index is 12.1. The van der Waals surface area contributed by atoms with E-state index >= 15 is 0 Å². The predicted molar refractivity (Wildman–Crippen MR) is 56.6 cm³/mol. The lowest BCUT2D eigenvalue weighted by atomic mass is 10.4. The molecule has 1 aromatic rings. The maximum Gasteiger partial charge on any atom is 0.414 e. The number of hydrogen-bond acceptors (Lipinski definition) is 4. The third kappa shape index (κ3) is 3.97. The van der Waals surface area contributed by atoms with Crippen LogP contribution in [0.25, 0.3) is 0 Å².